The Bertz CT molecular complexity index is 801. The Labute approximate surface area is 140 Å². The smallest absolute Gasteiger partial charge is 0.410 e. The molecule has 0 aliphatic carbocycles. The normalized spacial score (nSPS) is 14.4. The van der Waals surface area contributed by atoms with Crippen LogP contribution in [0.2, 0.25) is 0 Å². The van der Waals surface area contributed by atoms with Crippen LogP contribution in [0.4, 0.5) is 4.79 Å². The first-order valence-electron chi connectivity index (χ1n) is 7.96. The fourth-order valence-electron chi connectivity index (χ4n) is 3.06. The molecule has 0 saturated carbocycles. The lowest BCUT2D eigenvalue weighted by Gasteiger charge is -2.31. The van der Waals surface area contributed by atoms with E-state index in [1.54, 1.807) is 12.0 Å². The predicted molar refractivity (Wildman–Crippen MR) is 90.5 cm³/mol. The van der Waals surface area contributed by atoms with Crippen molar-refractivity contribution in [3.63, 3.8) is 0 Å². The second-order valence-corrected chi connectivity index (χ2v) is 6.91. The molecule has 2 aromatic rings. The topological polar surface area (TPSA) is 60.8 Å². The van der Waals surface area contributed by atoms with Crippen LogP contribution in [-0.4, -0.2) is 41.1 Å². The molecule has 1 amide bonds. The SMILES string of the molecule is COc1ccc2c(c1)c(C=O)c1n2CCN(C(=O)OC(C)(C)C)C1. The highest BCUT2D eigenvalue weighted by atomic mass is 16.6. The number of methoxy groups -OCH3 is 1. The van der Waals surface area contributed by atoms with E-state index in [0.717, 1.165) is 22.9 Å². The van der Waals surface area contributed by atoms with Crippen LogP contribution in [0, 0.1) is 0 Å². The lowest BCUT2D eigenvalue weighted by molar-refractivity contribution is 0.0199. The Hall–Kier alpha value is -2.50. The van der Waals surface area contributed by atoms with E-state index in [1.807, 2.05) is 39.0 Å². The summed E-state index contributed by atoms with van der Waals surface area (Å²) in [5.74, 6) is 0.706. The predicted octanol–water partition coefficient (Wildman–Crippen LogP) is 3.21. The molecule has 0 bridgehead atoms. The maximum Gasteiger partial charge on any atom is 0.410 e. The van der Waals surface area contributed by atoms with Gasteiger partial charge < -0.3 is 18.9 Å². The number of amides is 1. The summed E-state index contributed by atoms with van der Waals surface area (Å²) < 4.78 is 12.8. The first-order valence-corrected chi connectivity index (χ1v) is 7.96. The van der Waals surface area contributed by atoms with Crippen molar-refractivity contribution in [3.8, 4) is 5.75 Å². The van der Waals surface area contributed by atoms with Gasteiger partial charge in [0.15, 0.2) is 6.29 Å². The molecule has 0 radical (unpaired) electrons. The van der Waals surface area contributed by atoms with Gasteiger partial charge in [-0.05, 0) is 39.0 Å². The number of benzene rings is 1. The van der Waals surface area contributed by atoms with Gasteiger partial charge in [-0.1, -0.05) is 0 Å². The highest BCUT2D eigenvalue weighted by Crippen LogP contribution is 2.31. The van der Waals surface area contributed by atoms with E-state index < -0.39 is 5.60 Å². The van der Waals surface area contributed by atoms with Gasteiger partial charge in [-0.3, -0.25) is 4.79 Å². The fourth-order valence-corrected chi connectivity index (χ4v) is 3.06. The quantitative estimate of drug-likeness (QED) is 0.793. The molecule has 0 fully saturated rings. The van der Waals surface area contributed by atoms with Crippen LogP contribution in [0.15, 0.2) is 18.2 Å². The summed E-state index contributed by atoms with van der Waals surface area (Å²) in [6, 6.07) is 5.69. The van der Waals surface area contributed by atoms with Gasteiger partial charge in [0.05, 0.1) is 13.7 Å². The first-order chi connectivity index (χ1) is 11.3. The van der Waals surface area contributed by atoms with Crippen molar-refractivity contribution in [2.75, 3.05) is 13.7 Å². The lowest BCUT2D eigenvalue weighted by atomic mass is 10.1. The molecule has 0 saturated heterocycles. The molecule has 0 N–H and O–H groups in total. The number of nitrogens with zero attached hydrogens (tertiary/aromatic N) is 2. The number of aromatic nitrogens is 1. The van der Waals surface area contributed by atoms with Gasteiger partial charge in [-0.2, -0.15) is 0 Å². The molecule has 6 nitrogen and oxygen atoms in total. The van der Waals surface area contributed by atoms with Crippen molar-refractivity contribution in [1.29, 1.82) is 0 Å². The fraction of sp³-hybridized carbons (Fsp3) is 0.444. The Kier molecular flexibility index (Phi) is 3.99. The molecule has 128 valence electrons. The van der Waals surface area contributed by atoms with Crippen LogP contribution in [0.3, 0.4) is 0 Å². The zero-order valence-corrected chi connectivity index (χ0v) is 14.5. The van der Waals surface area contributed by atoms with Gasteiger partial charge in [-0.25, -0.2) is 4.79 Å². The summed E-state index contributed by atoms with van der Waals surface area (Å²) in [6.45, 7) is 7.07. The molecular formula is C18H22N2O4. The van der Waals surface area contributed by atoms with Gasteiger partial charge in [0, 0.05) is 35.2 Å². The average molecular weight is 330 g/mol. The molecule has 24 heavy (non-hydrogen) atoms. The van der Waals surface area contributed by atoms with Gasteiger partial charge >= 0.3 is 6.09 Å². The zero-order chi connectivity index (χ0) is 17.5. The number of carbonyl (C=O) groups excluding carboxylic acids is 2. The largest absolute Gasteiger partial charge is 0.497 e. The molecular weight excluding hydrogens is 308 g/mol. The summed E-state index contributed by atoms with van der Waals surface area (Å²) in [5, 5.41) is 0.852. The summed E-state index contributed by atoms with van der Waals surface area (Å²) in [4.78, 5) is 25.6. The third kappa shape index (κ3) is 2.84. The second kappa shape index (κ2) is 5.85. The molecule has 1 aliphatic rings. The number of hydrogen-bond acceptors (Lipinski definition) is 4. The number of ether oxygens (including phenoxy) is 2. The Morgan fingerprint density at radius 1 is 1.25 bits per heavy atom. The van der Waals surface area contributed by atoms with Gasteiger partial charge in [0.1, 0.15) is 11.4 Å². The van der Waals surface area contributed by atoms with Crippen LogP contribution >= 0.6 is 0 Å². The molecule has 1 aromatic carbocycles. The average Bonchev–Trinajstić information content (AvgIpc) is 2.84. The first kappa shape index (κ1) is 16.4. The molecule has 0 spiro atoms. The summed E-state index contributed by atoms with van der Waals surface area (Å²) in [5.41, 5.74) is 1.89. The standard InChI is InChI=1S/C18H22N2O4/c1-18(2,3)24-17(22)19-7-8-20-15-6-5-12(23-4)9-13(15)14(11-21)16(20)10-19/h5-6,9,11H,7-8,10H2,1-4H3. The van der Waals surface area contributed by atoms with Crippen molar-refractivity contribution in [2.24, 2.45) is 0 Å². The van der Waals surface area contributed by atoms with Crippen LogP contribution < -0.4 is 4.74 Å². The Balaban J connectivity index is 1.99. The number of carbonyl (C=O) groups is 2. The monoisotopic (exact) mass is 330 g/mol. The highest BCUT2D eigenvalue weighted by molar-refractivity contribution is 6.00. The van der Waals surface area contributed by atoms with E-state index in [1.165, 1.54) is 0 Å². The van der Waals surface area contributed by atoms with E-state index in [9.17, 15) is 9.59 Å². The van der Waals surface area contributed by atoms with E-state index in [0.29, 0.717) is 30.9 Å². The summed E-state index contributed by atoms with van der Waals surface area (Å²) in [7, 11) is 1.60. The summed E-state index contributed by atoms with van der Waals surface area (Å²) >= 11 is 0. The van der Waals surface area contributed by atoms with Crippen molar-refractivity contribution >= 4 is 23.3 Å². The Morgan fingerprint density at radius 3 is 2.62 bits per heavy atom. The zero-order valence-electron chi connectivity index (χ0n) is 14.5. The maximum absolute atomic E-state index is 12.3. The molecule has 1 aromatic heterocycles. The van der Waals surface area contributed by atoms with Crippen LogP contribution in [0.5, 0.6) is 5.75 Å². The van der Waals surface area contributed by atoms with E-state index >= 15 is 0 Å². The van der Waals surface area contributed by atoms with Gasteiger partial charge in [0.2, 0.25) is 0 Å². The molecule has 0 unspecified atom stereocenters. The van der Waals surface area contributed by atoms with Gasteiger partial charge in [-0.15, -0.1) is 0 Å². The molecule has 6 heteroatoms. The third-order valence-corrected chi connectivity index (χ3v) is 4.13. The number of rotatable bonds is 2. The highest BCUT2D eigenvalue weighted by Gasteiger charge is 2.29. The molecule has 2 heterocycles. The lowest BCUT2D eigenvalue weighted by Crippen LogP contribution is -2.41. The Morgan fingerprint density at radius 2 is 2.00 bits per heavy atom. The van der Waals surface area contributed by atoms with Crippen LogP contribution in [-0.2, 0) is 17.8 Å². The van der Waals surface area contributed by atoms with Crippen LogP contribution in [0.25, 0.3) is 10.9 Å². The van der Waals surface area contributed by atoms with E-state index in [2.05, 4.69) is 4.57 Å². The number of fused-ring (bicyclic) bond motifs is 3. The minimum Gasteiger partial charge on any atom is -0.497 e. The number of hydrogen-bond donors (Lipinski definition) is 0. The molecule has 1 aliphatic heterocycles. The minimum absolute atomic E-state index is 0.353. The maximum atomic E-state index is 12.3. The second-order valence-electron chi connectivity index (χ2n) is 6.91. The molecule has 3 rings (SSSR count). The van der Waals surface area contributed by atoms with Crippen molar-refractivity contribution in [1.82, 2.24) is 9.47 Å². The molecule has 0 atom stereocenters. The van der Waals surface area contributed by atoms with E-state index in [4.69, 9.17) is 9.47 Å². The van der Waals surface area contributed by atoms with Crippen LogP contribution in [0.1, 0.15) is 36.8 Å². The van der Waals surface area contributed by atoms with Crippen molar-refractivity contribution in [2.45, 2.75) is 39.5 Å². The number of aldehydes is 1. The van der Waals surface area contributed by atoms with Crippen molar-refractivity contribution < 1.29 is 19.1 Å². The van der Waals surface area contributed by atoms with Crippen molar-refractivity contribution in [3.05, 3.63) is 29.5 Å². The minimum atomic E-state index is -0.540. The summed E-state index contributed by atoms with van der Waals surface area (Å²) in [6.07, 6.45) is 0.500. The third-order valence-electron chi connectivity index (χ3n) is 4.13. The van der Waals surface area contributed by atoms with E-state index in [-0.39, 0.29) is 6.09 Å². The van der Waals surface area contributed by atoms with Gasteiger partial charge in [0.25, 0.3) is 0 Å².